The number of likely N-dealkylation sites (N-methyl/N-ethyl adjacent to an activating group) is 1. The van der Waals surface area contributed by atoms with Gasteiger partial charge in [-0.05, 0) is 31.7 Å². The first-order valence-electron chi connectivity index (χ1n) is 6.00. The van der Waals surface area contributed by atoms with Crippen LogP contribution in [0.4, 0.5) is 5.69 Å². The molecule has 5 nitrogen and oxygen atoms in total. The Morgan fingerprint density at radius 3 is 2.63 bits per heavy atom. The Morgan fingerprint density at radius 2 is 2.00 bits per heavy atom. The summed E-state index contributed by atoms with van der Waals surface area (Å²) in [7, 11) is 1.70. The summed E-state index contributed by atoms with van der Waals surface area (Å²) in [5.41, 5.74) is 1.17. The van der Waals surface area contributed by atoms with E-state index in [1.807, 2.05) is 6.92 Å². The minimum Gasteiger partial charge on any atom is -0.352 e. The van der Waals surface area contributed by atoms with Gasteiger partial charge >= 0.3 is 0 Å². The fourth-order valence-electron chi connectivity index (χ4n) is 1.44. The monoisotopic (exact) mass is 285 g/mol. The van der Waals surface area contributed by atoms with E-state index in [-0.39, 0.29) is 30.8 Å². The van der Waals surface area contributed by atoms with Crippen molar-refractivity contribution in [2.24, 2.45) is 0 Å². The third kappa shape index (κ3) is 6.22. The normalized spacial score (nSPS) is 9.37. The van der Waals surface area contributed by atoms with E-state index in [9.17, 15) is 9.59 Å². The summed E-state index contributed by atoms with van der Waals surface area (Å²) in [4.78, 5) is 23.1. The number of rotatable bonds is 6. The van der Waals surface area contributed by atoms with Crippen LogP contribution in [0.2, 0.25) is 0 Å². The zero-order chi connectivity index (χ0) is 13.4. The van der Waals surface area contributed by atoms with Crippen molar-refractivity contribution in [1.82, 2.24) is 10.6 Å². The molecular weight excluding hydrogens is 266 g/mol. The molecule has 0 saturated heterocycles. The van der Waals surface area contributed by atoms with Crippen molar-refractivity contribution in [3.05, 3.63) is 29.8 Å². The Morgan fingerprint density at radius 1 is 1.26 bits per heavy atom. The third-order valence-corrected chi connectivity index (χ3v) is 2.28. The van der Waals surface area contributed by atoms with Crippen LogP contribution in [0.15, 0.2) is 24.3 Å². The fraction of sp³-hybridized carbons (Fsp3) is 0.385. The highest BCUT2D eigenvalue weighted by Gasteiger charge is 2.06. The predicted molar refractivity (Wildman–Crippen MR) is 78.9 cm³/mol. The Labute approximate surface area is 119 Å². The summed E-state index contributed by atoms with van der Waals surface area (Å²) in [6.45, 7) is 2.89. The van der Waals surface area contributed by atoms with Gasteiger partial charge < -0.3 is 16.0 Å². The highest BCUT2D eigenvalue weighted by Crippen LogP contribution is 2.10. The van der Waals surface area contributed by atoms with Crippen LogP contribution in [-0.4, -0.2) is 32.0 Å². The number of hydrogen-bond acceptors (Lipinski definition) is 3. The number of nitrogens with one attached hydrogen (secondary N) is 3. The fourth-order valence-corrected chi connectivity index (χ4v) is 1.44. The van der Waals surface area contributed by atoms with Gasteiger partial charge in [-0.2, -0.15) is 0 Å². The molecule has 0 fully saturated rings. The lowest BCUT2D eigenvalue weighted by Gasteiger charge is -2.07. The maximum atomic E-state index is 11.7. The van der Waals surface area contributed by atoms with Crippen molar-refractivity contribution in [3.8, 4) is 0 Å². The predicted octanol–water partition coefficient (Wildman–Crippen LogP) is 1.41. The van der Waals surface area contributed by atoms with E-state index in [0.717, 1.165) is 6.42 Å². The van der Waals surface area contributed by atoms with Gasteiger partial charge in [0.05, 0.1) is 6.54 Å². The maximum Gasteiger partial charge on any atom is 0.251 e. The van der Waals surface area contributed by atoms with Crippen LogP contribution in [0.25, 0.3) is 0 Å². The van der Waals surface area contributed by atoms with E-state index in [1.54, 1.807) is 31.3 Å². The van der Waals surface area contributed by atoms with E-state index in [0.29, 0.717) is 17.8 Å². The summed E-state index contributed by atoms with van der Waals surface area (Å²) < 4.78 is 0. The second-order valence-electron chi connectivity index (χ2n) is 3.92. The van der Waals surface area contributed by atoms with Crippen LogP contribution in [0, 0.1) is 0 Å². The second kappa shape index (κ2) is 9.35. The van der Waals surface area contributed by atoms with Crippen molar-refractivity contribution in [2.45, 2.75) is 13.3 Å². The van der Waals surface area contributed by atoms with Crippen molar-refractivity contribution >= 4 is 29.9 Å². The van der Waals surface area contributed by atoms with Gasteiger partial charge in [-0.15, -0.1) is 12.4 Å². The Hall–Kier alpha value is -1.59. The molecule has 0 aliphatic heterocycles. The molecule has 0 heterocycles. The summed E-state index contributed by atoms with van der Waals surface area (Å²) in [6.07, 6.45) is 0.893. The van der Waals surface area contributed by atoms with Gasteiger partial charge in [0.25, 0.3) is 5.91 Å². The first-order chi connectivity index (χ1) is 8.67. The van der Waals surface area contributed by atoms with Gasteiger partial charge in [-0.3, -0.25) is 9.59 Å². The van der Waals surface area contributed by atoms with Crippen molar-refractivity contribution in [2.75, 3.05) is 25.5 Å². The molecule has 0 bridgehead atoms. The Bertz CT molecular complexity index is 424. The largest absolute Gasteiger partial charge is 0.352 e. The lowest BCUT2D eigenvalue weighted by molar-refractivity contribution is -0.115. The van der Waals surface area contributed by atoms with Crippen LogP contribution in [0.1, 0.15) is 23.7 Å². The molecule has 0 saturated carbocycles. The summed E-state index contributed by atoms with van der Waals surface area (Å²) >= 11 is 0. The lowest BCUT2D eigenvalue weighted by Crippen LogP contribution is -2.26. The molecule has 0 aliphatic rings. The average molecular weight is 286 g/mol. The van der Waals surface area contributed by atoms with Gasteiger partial charge in [0.1, 0.15) is 0 Å². The molecule has 0 radical (unpaired) electrons. The topological polar surface area (TPSA) is 70.2 Å². The highest BCUT2D eigenvalue weighted by atomic mass is 35.5. The van der Waals surface area contributed by atoms with E-state index < -0.39 is 0 Å². The molecule has 0 unspecified atom stereocenters. The first kappa shape index (κ1) is 17.4. The van der Waals surface area contributed by atoms with Crippen molar-refractivity contribution in [1.29, 1.82) is 0 Å². The molecule has 0 spiro atoms. The van der Waals surface area contributed by atoms with Crippen LogP contribution in [0.5, 0.6) is 0 Å². The highest BCUT2D eigenvalue weighted by molar-refractivity contribution is 5.97. The van der Waals surface area contributed by atoms with Crippen LogP contribution >= 0.6 is 12.4 Å². The minimum absolute atomic E-state index is 0. The second-order valence-corrected chi connectivity index (χ2v) is 3.92. The number of hydrogen-bond donors (Lipinski definition) is 3. The molecule has 0 aliphatic carbocycles. The van der Waals surface area contributed by atoms with E-state index in [2.05, 4.69) is 16.0 Å². The number of carbonyl (C=O) groups is 2. The van der Waals surface area contributed by atoms with Gasteiger partial charge in [0.15, 0.2) is 0 Å². The third-order valence-electron chi connectivity index (χ3n) is 2.28. The van der Waals surface area contributed by atoms with Gasteiger partial charge in [0, 0.05) is 17.8 Å². The quantitative estimate of drug-likeness (QED) is 0.740. The van der Waals surface area contributed by atoms with Crippen molar-refractivity contribution < 1.29 is 9.59 Å². The molecule has 106 valence electrons. The SMILES string of the molecule is CCCNC(=O)c1cccc(NC(=O)CNC)c1.Cl. The summed E-state index contributed by atoms with van der Waals surface area (Å²) in [5.74, 6) is -0.259. The minimum atomic E-state index is -0.136. The standard InChI is InChI=1S/C13H19N3O2.ClH/c1-3-7-15-13(18)10-5-4-6-11(8-10)16-12(17)9-14-2;/h4-6,8,14H,3,7,9H2,1-2H3,(H,15,18)(H,16,17);1H. The number of benzene rings is 1. The van der Waals surface area contributed by atoms with E-state index >= 15 is 0 Å². The number of anilines is 1. The zero-order valence-electron chi connectivity index (χ0n) is 11.2. The Kier molecular flexibility index (Phi) is 8.57. The number of amides is 2. The van der Waals surface area contributed by atoms with E-state index in [1.165, 1.54) is 0 Å². The van der Waals surface area contributed by atoms with Gasteiger partial charge in [-0.25, -0.2) is 0 Å². The molecule has 6 heteroatoms. The van der Waals surface area contributed by atoms with Crippen molar-refractivity contribution in [3.63, 3.8) is 0 Å². The molecular formula is C13H20ClN3O2. The lowest BCUT2D eigenvalue weighted by atomic mass is 10.2. The molecule has 1 rings (SSSR count). The zero-order valence-corrected chi connectivity index (χ0v) is 12.0. The molecule has 2 amide bonds. The average Bonchev–Trinajstić information content (AvgIpc) is 2.36. The first-order valence-corrected chi connectivity index (χ1v) is 6.00. The van der Waals surface area contributed by atoms with Crippen LogP contribution in [0.3, 0.4) is 0 Å². The molecule has 0 atom stereocenters. The molecule has 3 N–H and O–H groups in total. The smallest absolute Gasteiger partial charge is 0.251 e. The van der Waals surface area contributed by atoms with E-state index in [4.69, 9.17) is 0 Å². The molecule has 19 heavy (non-hydrogen) atoms. The maximum absolute atomic E-state index is 11.7. The van der Waals surface area contributed by atoms with Crippen LogP contribution in [-0.2, 0) is 4.79 Å². The Balaban J connectivity index is 0.00000324. The summed E-state index contributed by atoms with van der Waals surface area (Å²) in [6, 6.07) is 6.89. The number of halogens is 1. The molecule has 0 aromatic heterocycles. The van der Waals surface area contributed by atoms with Crippen LogP contribution < -0.4 is 16.0 Å². The molecule has 1 aromatic rings. The van der Waals surface area contributed by atoms with Gasteiger partial charge in [0.2, 0.25) is 5.91 Å². The summed E-state index contributed by atoms with van der Waals surface area (Å²) in [5, 5.41) is 8.26. The number of carbonyl (C=O) groups excluding carboxylic acids is 2. The van der Waals surface area contributed by atoms with Gasteiger partial charge in [-0.1, -0.05) is 13.0 Å². The molecule has 1 aromatic carbocycles.